The van der Waals surface area contributed by atoms with Crippen molar-refractivity contribution in [3.8, 4) is 0 Å². The minimum absolute atomic E-state index is 0.135. The molecule has 0 aromatic heterocycles. The van der Waals surface area contributed by atoms with Crippen LogP contribution in [0.4, 0.5) is 5.69 Å². The van der Waals surface area contributed by atoms with E-state index in [1.165, 1.54) is 0 Å². The molecule has 11 nitrogen and oxygen atoms in total. The maximum atomic E-state index is 11.4. The molecule has 0 saturated carbocycles. The molecule has 0 amide bonds. The highest BCUT2D eigenvalue weighted by Gasteiger charge is 2.20. The average molecular weight is 494 g/mol. The van der Waals surface area contributed by atoms with E-state index >= 15 is 0 Å². The molecule has 3 N–H and O–H groups in total. The van der Waals surface area contributed by atoms with Gasteiger partial charge < -0.3 is 15.3 Å². The van der Waals surface area contributed by atoms with Crippen LogP contribution in [0.2, 0.25) is 0 Å². The number of carbonyl (C=O) groups is 3. The molecule has 34 heavy (non-hydrogen) atoms. The average Bonchev–Trinajstić information content (AvgIpc) is 2.76. The molecule has 1 fully saturated rings. The zero-order valence-electron chi connectivity index (χ0n) is 19.0. The van der Waals surface area contributed by atoms with E-state index in [1.54, 1.807) is 14.7 Å². The Kier molecular flexibility index (Phi) is 11.7. The number of hydrogen-bond acceptors (Lipinski definition) is 9. The van der Waals surface area contributed by atoms with Crippen LogP contribution in [0.25, 0.3) is 0 Å². The molecule has 12 heteroatoms. The molecule has 0 spiro atoms. The van der Waals surface area contributed by atoms with Crippen molar-refractivity contribution in [1.29, 1.82) is 0 Å². The lowest BCUT2D eigenvalue weighted by molar-refractivity contribution is -0.140. The Hall–Kier alpha value is -2.73. The summed E-state index contributed by atoms with van der Waals surface area (Å²) in [5.74, 6) is -2.85. The van der Waals surface area contributed by atoms with E-state index in [1.807, 2.05) is 24.3 Å². The lowest BCUT2D eigenvalue weighted by Gasteiger charge is -2.33. The highest BCUT2D eigenvalue weighted by Crippen LogP contribution is 2.14. The second-order valence-electron chi connectivity index (χ2n) is 8.16. The van der Waals surface area contributed by atoms with Gasteiger partial charge in [0.15, 0.2) is 0 Å². The molecule has 1 aliphatic rings. The van der Waals surface area contributed by atoms with Gasteiger partial charge in [-0.1, -0.05) is 12.1 Å². The summed E-state index contributed by atoms with van der Waals surface area (Å²) in [6.07, 6.45) is 0. The summed E-state index contributed by atoms with van der Waals surface area (Å²) in [6, 6.07) is 7.57. The van der Waals surface area contributed by atoms with Gasteiger partial charge in [0, 0.05) is 58.9 Å². The molecule has 0 radical (unpaired) electrons. The second-order valence-corrected chi connectivity index (χ2v) is 8.34. The molecule has 1 aromatic carbocycles. The zero-order valence-corrected chi connectivity index (χ0v) is 19.8. The third kappa shape index (κ3) is 10.9. The van der Waals surface area contributed by atoms with Crippen molar-refractivity contribution < 1.29 is 29.7 Å². The molecule has 1 aromatic rings. The summed E-state index contributed by atoms with van der Waals surface area (Å²) >= 11 is 4.63. The summed E-state index contributed by atoms with van der Waals surface area (Å²) < 4.78 is 0. The van der Waals surface area contributed by atoms with Gasteiger partial charge in [-0.05, 0) is 29.9 Å². The molecule has 1 aliphatic heterocycles. The Balaban J connectivity index is 2.17. The minimum Gasteiger partial charge on any atom is -0.480 e. The first-order chi connectivity index (χ1) is 16.2. The van der Waals surface area contributed by atoms with Gasteiger partial charge >= 0.3 is 17.9 Å². The highest BCUT2D eigenvalue weighted by atomic mass is 32.1. The molecular weight excluding hydrogens is 462 g/mol. The topological polar surface area (TPSA) is 137 Å². The molecule has 2 rings (SSSR count). The molecule has 0 unspecified atom stereocenters. The number of thiocarbonyl (C=S) groups is 1. The van der Waals surface area contributed by atoms with Gasteiger partial charge in [0.05, 0.1) is 30.5 Å². The summed E-state index contributed by atoms with van der Waals surface area (Å²) in [6.45, 7) is 3.83. The van der Waals surface area contributed by atoms with Crippen LogP contribution >= 0.6 is 12.2 Å². The first-order valence-corrected chi connectivity index (χ1v) is 11.4. The zero-order chi connectivity index (χ0) is 24.9. The fourth-order valence-corrected chi connectivity index (χ4v) is 3.88. The Morgan fingerprint density at radius 1 is 0.706 bits per heavy atom. The molecule has 0 atom stereocenters. The maximum absolute atomic E-state index is 11.4. The predicted octanol–water partition coefficient (Wildman–Crippen LogP) is 0.396. The number of hydrogen-bond donors (Lipinski definition) is 3. The molecular formula is C22H31N5O6S. The molecule has 186 valence electrons. The highest BCUT2D eigenvalue weighted by molar-refractivity contribution is 7.78. The summed E-state index contributed by atoms with van der Waals surface area (Å²) in [7, 11) is 0. The second kappa shape index (κ2) is 14.5. The molecule has 1 saturated heterocycles. The van der Waals surface area contributed by atoms with Crippen LogP contribution in [0.1, 0.15) is 5.56 Å². The van der Waals surface area contributed by atoms with Crippen molar-refractivity contribution in [1.82, 2.24) is 19.6 Å². The lowest BCUT2D eigenvalue weighted by Crippen LogP contribution is -2.48. The van der Waals surface area contributed by atoms with E-state index < -0.39 is 17.9 Å². The van der Waals surface area contributed by atoms with Crippen LogP contribution < -0.4 is 0 Å². The van der Waals surface area contributed by atoms with Crippen LogP contribution in [0, 0.1) is 0 Å². The van der Waals surface area contributed by atoms with E-state index in [0.717, 1.165) is 5.56 Å². The van der Waals surface area contributed by atoms with E-state index in [4.69, 9.17) is 0 Å². The SMILES string of the molecule is O=C(O)CN1CCN(CC(=O)O)CCN(Cc2ccc(N=C=S)cc2)CCN(CC(=O)O)CC1. The van der Waals surface area contributed by atoms with E-state index in [2.05, 4.69) is 27.3 Å². The summed E-state index contributed by atoms with van der Waals surface area (Å²) in [5, 5.41) is 30.2. The van der Waals surface area contributed by atoms with Gasteiger partial charge in [-0.2, -0.15) is 4.99 Å². The number of benzene rings is 1. The van der Waals surface area contributed by atoms with Gasteiger partial charge in [-0.3, -0.25) is 34.0 Å². The van der Waals surface area contributed by atoms with Gasteiger partial charge in [-0.15, -0.1) is 0 Å². The van der Waals surface area contributed by atoms with Crippen molar-refractivity contribution in [2.75, 3.05) is 72.0 Å². The first kappa shape index (κ1) is 27.5. The largest absolute Gasteiger partial charge is 0.480 e. The summed E-state index contributed by atoms with van der Waals surface area (Å²) in [5.41, 5.74) is 1.75. The number of aliphatic imine (C=N–C) groups is 1. The van der Waals surface area contributed by atoms with Gasteiger partial charge in [-0.25, -0.2) is 0 Å². The van der Waals surface area contributed by atoms with Gasteiger partial charge in [0.1, 0.15) is 0 Å². The first-order valence-electron chi connectivity index (χ1n) is 11.0. The Morgan fingerprint density at radius 2 is 1.06 bits per heavy atom. The van der Waals surface area contributed by atoms with Gasteiger partial charge in [0.2, 0.25) is 0 Å². The van der Waals surface area contributed by atoms with Crippen molar-refractivity contribution in [3.05, 3.63) is 29.8 Å². The third-order valence-corrected chi connectivity index (χ3v) is 5.61. The molecule has 0 bridgehead atoms. The van der Waals surface area contributed by atoms with Crippen LogP contribution in [0.15, 0.2) is 29.3 Å². The smallest absolute Gasteiger partial charge is 0.317 e. The van der Waals surface area contributed by atoms with Crippen molar-refractivity contribution in [3.63, 3.8) is 0 Å². The predicted molar refractivity (Wildman–Crippen MR) is 129 cm³/mol. The number of carboxylic acid groups (broad SMARTS) is 3. The van der Waals surface area contributed by atoms with Crippen molar-refractivity contribution in [2.45, 2.75) is 6.54 Å². The van der Waals surface area contributed by atoms with E-state index in [0.29, 0.717) is 64.6 Å². The standard InChI is InChI=1S/C22H31N5O6S/c28-20(29)14-25-7-5-24(13-18-1-3-19(4-2-18)23-17-34)6-8-26(15-21(30)31)10-12-27(11-9-25)16-22(32)33/h1-4H,5-16H2,(H,28,29)(H,30,31)(H,32,33). The third-order valence-electron chi connectivity index (χ3n) is 5.52. The van der Waals surface area contributed by atoms with Crippen LogP contribution in [0.3, 0.4) is 0 Å². The number of nitrogens with zero attached hydrogens (tertiary/aromatic N) is 5. The van der Waals surface area contributed by atoms with Gasteiger partial charge in [0.25, 0.3) is 0 Å². The lowest BCUT2D eigenvalue weighted by atomic mass is 10.2. The molecule has 0 aliphatic carbocycles. The van der Waals surface area contributed by atoms with Crippen molar-refractivity contribution in [2.24, 2.45) is 4.99 Å². The van der Waals surface area contributed by atoms with Crippen LogP contribution in [0.5, 0.6) is 0 Å². The fraction of sp³-hybridized carbons (Fsp3) is 0.545. The van der Waals surface area contributed by atoms with Crippen LogP contribution in [-0.4, -0.2) is 130 Å². The number of aliphatic carboxylic acids is 3. The number of carboxylic acids is 3. The molecule has 1 heterocycles. The number of isothiocyanates is 1. The Bertz CT molecular complexity index is 845. The maximum Gasteiger partial charge on any atom is 0.317 e. The normalized spacial score (nSPS) is 17.8. The Labute approximate surface area is 203 Å². The number of rotatable bonds is 9. The fourth-order valence-electron chi connectivity index (χ4n) is 3.77. The monoisotopic (exact) mass is 493 g/mol. The minimum atomic E-state index is -0.977. The quantitative estimate of drug-likeness (QED) is 0.325. The van der Waals surface area contributed by atoms with E-state index in [9.17, 15) is 29.7 Å². The van der Waals surface area contributed by atoms with Crippen LogP contribution in [-0.2, 0) is 20.9 Å². The Morgan fingerprint density at radius 3 is 1.38 bits per heavy atom. The summed E-state index contributed by atoms with van der Waals surface area (Å²) in [4.78, 5) is 45.4. The van der Waals surface area contributed by atoms with E-state index in [-0.39, 0.29) is 19.6 Å². The van der Waals surface area contributed by atoms with Crippen molar-refractivity contribution >= 4 is 41.0 Å².